The summed E-state index contributed by atoms with van der Waals surface area (Å²) in [4.78, 5) is 52.2. The lowest BCUT2D eigenvalue weighted by Crippen LogP contribution is -2.44. The Labute approximate surface area is 208 Å². The van der Waals surface area contributed by atoms with Crippen LogP contribution in [0, 0.1) is 0 Å². The number of nitrogens with one attached hydrogen (secondary N) is 3. The summed E-state index contributed by atoms with van der Waals surface area (Å²) in [5.74, 6) is -0.678. The summed E-state index contributed by atoms with van der Waals surface area (Å²) in [6, 6.07) is 17.2. The Balaban J connectivity index is 1.65. The lowest BCUT2D eigenvalue weighted by atomic mass is 10.0. The number of hydrogen-bond donors (Lipinski definition) is 3. The van der Waals surface area contributed by atoms with Gasteiger partial charge in [-0.3, -0.25) is 19.7 Å². The van der Waals surface area contributed by atoms with Crippen molar-refractivity contribution in [2.75, 3.05) is 5.32 Å². The summed E-state index contributed by atoms with van der Waals surface area (Å²) in [5.41, 5.74) is 2.32. The molecule has 186 valence electrons. The van der Waals surface area contributed by atoms with Crippen LogP contribution in [0.3, 0.4) is 0 Å². The Morgan fingerprint density at radius 2 is 1.69 bits per heavy atom. The molecule has 0 saturated carbocycles. The summed E-state index contributed by atoms with van der Waals surface area (Å²) >= 11 is 0. The van der Waals surface area contributed by atoms with Crippen LogP contribution in [0.25, 0.3) is 0 Å². The van der Waals surface area contributed by atoms with Crippen molar-refractivity contribution in [1.82, 2.24) is 15.5 Å². The molecule has 4 rings (SSSR count). The average Bonchev–Trinajstić information content (AvgIpc) is 3.48. The van der Waals surface area contributed by atoms with Gasteiger partial charge in [0.15, 0.2) is 0 Å². The molecule has 1 fully saturated rings. The Morgan fingerprint density at radius 3 is 2.28 bits per heavy atom. The summed E-state index contributed by atoms with van der Waals surface area (Å²) in [5, 5.41) is 7.49. The van der Waals surface area contributed by atoms with Crippen LogP contribution in [0.2, 0.25) is 0 Å². The van der Waals surface area contributed by atoms with Crippen molar-refractivity contribution in [3.8, 4) is 0 Å². The van der Waals surface area contributed by atoms with Gasteiger partial charge in [-0.15, -0.1) is 0 Å². The number of amides is 5. The molecule has 1 saturated heterocycles. The van der Waals surface area contributed by atoms with E-state index in [9.17, 15) is 19.2 Å². The first-order valence-corrected chi connectivity index (χ1v) is 11.7. The van der Waals surface area contributed by atoms with E-state index < -0.39 is 35.8 Å². The molecule has 36 heavy (non-hydrogen) atoms. The molecule has 2 aromatic carbocycles. The first-order valence-electron chi connectivity index (χ1n) is 11.7. The molecule has 3 N–H and O–H groups in total. The van der Waals surface area contributed by atoms with E-state index in [1.54, 1.807) is 36.4 Å². The van der Waals surface area contributed by atoms with Crippen LogP contribution in [0.1, 0.15) is 49.1 Å². The summed E-state index contributed by atoms with van der Waals surface area (Å²) in [7, 11) is 0. The number of rotatable bonds is 9. The third-order valence-corrected chi connectivity index (χ3v) is 5.98. The van der Waals surface area contributed by atoms with Crippen LogP contribution in [0.15, 0.2) is 77.4 Å². The van der Waals surface area contributed by atoms with Crippen molar-refractivity contribution in [2.45, 2.75) is 44.8 Å². The quantitative estimate of drug-likeness (QED) is 0.397. The Morgan fingerprint density at radius 1 is 0.972 bits per heavy atom. The van der Waals surface area contributed by atoms with Crippen LogP contribution in [-0.2, 0) is 20.9 Å². The van der Waals surface area contributed by atoms with Gasteiger partial charge in [-0.25, -0.2) is 4.79 Å². The second kappa shape index (κ2) is 10.9. The van der Waals surface area contributed by atoms with Crippen LogP contribution in [-0.4, -0.2) is 34.7 Å². The number of nitrogens with zero attached hydrogens (tertiary/aromatic N) is 1. The van der Waals surface area contributed by atoms with Gasteiger partial charge in [-0.05, 0) is 41.3 Å². The molecule has 1 aromatic heterocycles. The normalized spacial score (nSPS) is 15.8. The second-order valence-corrected chi connectivity index (χ2v) is 8.90. The lowest BCUT2D eigenvalue weighted by molar-refractivity contribution is -0.141. The number of imide groups is 1. The highest BCUT2D eigenvalue weighted by molar-refractivity contribution is 6.06. The van der Waals surface area contributed by atoms with E-state index in [4.69, 9.17) is 4.42 Å². The molecule has 0 unspecified atom stereocenters. The highest BCUT2D eigenvalue weighted by atomic mass is 16.3. The van der Waals surface area contributed by atoms with Gasteiger partial charge in [0.25, 0.3) is 11.8 Å². The van der Waals surface area contributed by atoms with Crippen molar-refractivity contribution in [3.63, 3.8) is 0 Å². The standard InChI is InChI=1S/C27H28N4O5/c1-17(2)18-10-12-20(13-11-18)28-26(34)24(19-7-4-3-5-8-19)31(16-21-9-6-14-36-21)23(32)15-22-25(33)30-27(35)29-22/h3-14,17,22,24H,15-16H2,1-2H3,(H,28,34)(H2,29,30,33,35)/t22-,24-/m0/s1. The number of urea groups is 1. The van der Waals surface area contributed by atoms with Gasteiger partial charge in [0.05, 0.1) is 19.2 Å². The predicted octanol–water partition coefficient (Wildman–Crippen LogP) is 3.71. The van der Waals surface area contributed by atoms with Gasteiger partial charge in [-0.1, -0.05) is 56.3 Å². The van der Waals surface area contributed by atoms with Crippen molar-refractivity contribution in [3.05, 3.63) is 89.9 Å². The molecule has 2 atom stereocenters. The molecular formula is C27H28N4O5. The molecule has 1 aliphatic heterocycles. The smallest absolute Gasteiger partial charge is 0.322 e. The molecule has 0 bridgehead atoms. The molecule has 0 radical (unpaired) electrons. The summed E-state index contributed by atoms with van der Waals surface area (Å²) in [6.45, 7) is 4.17. The maximum absolute atomic E-state index is 13.7. The first kappa shape index (κ1) is 24.7. The minimum atomic E-state index is -1.02. The molecule has 5 amide bonds. The van der Waals surface area contributed by atoms with Crippen molar-refractivity contribution in [2.24, 2.45) is 0 Å². The number of anilines is 1. The predicted molar refractivity (Wildman–Crippen MR) is 133 cm³/mol. The van der Waals surface area contributed by atoms with E-state index in [2.05, 4.69) is 29.8 Å². The molecule has 9 heteroatoms. The molecule has 1 aliphatic rings. The van der Waals surface area contributed by atoms with Crippen LogP contribution in [0.5, 0.6) is 0 Å². The number of carbonyl (C=O) groups is 4. The SMILES string of the molecule is CC(C)c1ccc(NC(=O)[C@H](c2ccccc2)N(Cc2ccco2)C(=O)C[C@@H]2NC(=O)NC2=O)cc1. The number of furan rings is 1. The van der Waals surface area contributed by atoms with Crippen molar-refractivity contribution in [1.29, 1.82) is 0 Å². The van der Waals surface area contributed by atoms with Gasteiger partial charge in [0.1, 0.15) is 17.8 Å². The average molecular weight is 489 g/mol. The Kier molecular flexibility index (Phi) is 7.48. The molecular weight excluding hydrogens is 460 g/mol. The van der Waals surface area contributed by atoms with E-state index in [1.165, 1.54) is 11.2 Å². The maximum Gasteiger partial charge on any atom is 0.322 e. The van der Waals surface area contributed by atoms with Crippen LogP contribution >= 0.6 is 0 Å². The highest BCUT2D eigenvalue weighted by Crippen LogP contribution is 2.27. The zero-order valence-corrected chi connectivity index (χ0v) is 20.1. The van der Waals surface area contributed by atoms with E-state index in [0.717, 1.165) is 5.56 Å². The van der Waals surface area contributed by atoms with Gasteiger partial charge < -0.3 is 20.0 Å². The monoisotopic (exact) mass is 488 g/mol. The zero-order valence-electron chi connectivity index (χ0n) is 20.1. The summed E-state index contributed by atoms with van der Waals surface area (Å²) in [6.07, 6.45) is 1.18. The van der Waals surface area contributed by atoms with Gasteiger partial charge in [0.2, 0.25) is 5.91 Å². The van der Waals surface area contributed by atoms with Gasteiger partial charge >= 0.3 is 6.03 Å². The second-order valence-electron chi connectivity index (χ2n) is 8.90. The molecule has 3 aromatic rings. The fourth-order valence-corrected chi connectivity index (χ4v) is 4.06. The lowest BCUT2D eigenvalue weighted by Gasteiger charge is -2.31. The zero-order chi connectivity index (χ0) is 25.7. The fraction of sp³-hybridized carbons (Fsp3) is 0.259. The van der Waals surface area contributed by atoms with Gasteiger partial charge in [0, 0.05) is 5.69 Å². The van der Waals surface area contributed by atoms with Crippen LogP contribution in [0.4, 0.5) is 10.5 Å². The van der Waals surface area contributed by atoms with Crippen LogP contribution < -0.4 is 16.0 Å². The van der Waals surface area contributed by atoms with E-state index >= 15 is 0 Å². The van der Waals surface area contributed by atoms with Crippen molar-refractivity contribution >= 4 is 29.4 Å². The third kappa shape index (κ3) is 5.80. The molecule has 0 aliphatic carbocycles. The third-order valence-electron chi connectivity index (χ3n) is 5.98. The van der Waals surface area contributed by atoms with Gasteiger partial charge in [-0.2, -0.15) is 0 Å². The summed E-state index contributed by atoms with van der Waals surface area (Å²) < 4.78 is 5.47. The maximum atomic E-state index is 13.7. The highest BCUT2D eigenvalue weighted by Gasteiger charge is 2.37. The van der Waals surface area contributed by atoms with Crippen molar-refractivity contribution < 1.29 is 23.6 Å². The van der Waals surface area contributed by atoms with E-state index in [-0.39, 0.29) is 13.0 Å². The topological polar surface area (TPSA) is 121 Å². The minimum absolute atomic E-state index is 0.00656. The molecule has 0 spiro atoms. The van der Waals surface area contributed by atoms with E-state index in [1.807, 2.05) is 30.3 Å². The first-order chi connectivity index (χ1) is 17.3. The fourth-order valence-electron chi connectivity index (χ4n) is 4.06. The minimum Gasteiger partial charge on any atom is -0.467 e. The number of hydrogen-bond acceptors (Lipinski definition) is 5. The Hall–Kier alpha value is -4.40. The molecule has 2 heterocycles. The number of carbonyl (C=O) groups excluding carboxylic acids is 4. The Bertz CT molecular complexity index is 1220. The largest absolute Gasteiger partial charge is 0.467 e. The number of benzene rings is 2. The van der Waals surface area contributed by atoms with E-state index in [0.29, 0.717) is 22.9 Å². The molecule has 9 nitrogen and oxygen atoms in total.